The van der Waals surface area contributed by atoms with E-state index in [0.717, 1.165) is 32.0 Å². The Morgan fingerprint density at radius 1 is 1.29 bits per heavy atom. The standard InChI is InChI=1S/C21H33N5O2/c27-19-14-26(10-8-18(19)24-21(28)16-7-4-9-22-11-16)13-17-12-23-25-20(17)15-5-2-1-3-6-15/h4,7,9,11,15,17-20,23,25,27H,1-3,5-6,8,10,12-14H2,(H,24,28)/t17?,18-,19-,20?/m1/s1. The average Bonchev–Trinajstić information content (AvgIpc) is 3.19. The summed E-state index contributed by atoms with van der Waals surface area (Å²) in [6.45, 7) is 3.52. The smallest absolute Gasteiger partial charge is 0.253 e. The molecule has 3 fully saturated rings. The van der Waals surface area contributed by atoms with Gasteiger partial charge in [0.1, 0.15) is 0 Å². The number of hydrogen-bond acceptors (Lipinski definition) is 6. The van der Waals surface area contributed by atoms with Gasteiger partial charge in [-0.2, -0.15) is 0 Å². The maximum atomic E-state index is 12.3. The zero-order valence-electron chi connectivity index (χ0n) is 16.5. The second-order valence-electron chi connectivity index (χ2n) is 8.65. The zero-order valence-corrected chi connectivity index (χ0v) is 16.5. The van der Waals surface area contributed by atoms with E-state index in [1.807, 2.05) is 0 Å². The van der Waals surface area contributed by atoms with Gasteiger partial charge in [-0.15, -0.1) is 0 Å². The normalized spacial score (nSPS) is 32.3. The van der Waals surface area contributed by atoms with E-state index in [0.29, 0.717) is 24.1 Å². The molecular formula is C21H33N5O2. The fourth-order valence-corrected chi connectivity index (χ4v) is 5.14. The van der Waals surface area contributed by atoms with Crippen LogP contribution in [0, 0.1) is 11.8 Å². The Morgan fingerprint density at radius 3 is 2.89 bits per heavy atom. The summed E-state index contributed by atoms with van der Waals surface area (Å²) in [6, 6.07) is 3.84. The fraction of sp³-hybridized carbons (Fsp3) is 0.714. The number of hydrogen-bond donors (Lipinski definition) is 4. The lowest BCUT2D eigenvalue weighted by Crippen LogP contribution is -2.55. The van der Waals surface area contributed by atoms with E-state index in [1.165, 1.54) is 32.1 Å². The highest BCUT2D eigenvalue weighted by Crippen LogP contribution is 2.31. The lowest BCUT2D eigenvalue weighted by atomic mass is 9.79. The Bertz CT molecular complexity index is 637. The van der Waals surface area contributed by atoms with Gasteiger partial charge >= 0.3 is 0 Å². The molecule has 1 saturated carbocycles. The molecule has 3 aliphatic rings. The van der Waals surface area contributed by atoms with Crippen LogP contribution in [-0.2, 0) is 0 Å². The van der Waals surface area contributed by atoms with Gasteiger partial charge in [-0.25, -0.2) is 0 Å². The molecule has 1 aromatic heterocycles. The van der Waals surface area contributed by atoms with Crippen molar-refractivity contribution in [1.82, 2.24) is 26.1 Å². The summed E-state index contributed by atoms with van der Waals surface area (Å²) in [7, 11) is 0. The minimum Gasteiger partial charge on any atom is -0.390 e. The molecule has 7 heteroatoms. The van der Waals surface area contributed by atoms with Crippen LogP contribution in [0.1, 0.15) is 48.9 Å². The van der Waals surface area contributed by atoms with Crippen molar-refractivity contribution in [2.45, 2.75) is 56.7 Å². The third-order valence-corrected chi connectivity index (χ3v) is 6.70. The molecule has 4 N–H and O–H groups in total. The van der Waals surface area contributed by atoms with Crippen molar-refractivity contribution in [2.24, 2.45) is 11.8 Å². The van der Waals surface area contributed by atoms with Crippen molar-refractivity contribution in [3.8, 4) is 0 Å². The number of carbonyl (C=O) groups excluding carboxylic acids is 1. The molecule has 2 aliphatic heterocycles. The van der Waals surface area contributed by atoms with Crippen LogP contribution in [0.25, 0.3) is 0 Å². The van der Waals surface area contributed by atoms with Crippen molar-refractivity contribution in [1.29, 1.82) is 0 Å². The number of aliphatic hydroxyl groups is 1. The van der Waals surface area contributed by atoms with Gasteiger partial charge in [0.05, 0.1) is 17.7 Å². The summed E-state index contributed by atoms with van der Waals surface area (Å²) in [6.07, 6.45) is 10.2. The van der Waals surface area contributed by atoms with Gasteiger partial charge in [-0.1, -0.05) is 19.3 Å². The second-order valence-corrected chi connectivity index (χ2v) is 8.65. The average molecular weight is 388 g/mol. The van der Waals surface area contributed by atoms with Crippen LogP contribution in [-0.4, -0.2) is 65.3 Å². The minimum atomic E-state index is -0.537. The second kappa shape index (κ2) is 9.31. The number of nitrogens with one attached hydrogen (secondary N) is 3. The molecule has 0 spiro atoms. The van der Waals surface area contributed by atoms with Crippen molar-refractivity contribution in [2.75, 3.05) is 26.2 Å². The molecule has 0 bridgehead atoms. The predicted octanol–water partition coefficient (Wildman–Crippen LogP) is 0.920. The fourth-order valence-electron chi connectivity index (χ4n) is 5.14. The number of likely N-dealkylation sites (tertiary alicyclic amines) is 1. The molecule has 1 aliphatic carbocycles. The minimum absolute atomic E-state index is 0.160. The first-order valence-corrected chi connectivity index (χ1v) is 10.8. The van der Waals surface area contributed by atoms with Crippen LogP contribution in [0.2, 0.25) is 0 Å². The Balaban J connectivity index is 1.27. The van der Waals surface area contributed by atoms with E-state index in [9.17, 15) is 9.90 Å². The lowest BCUT2D eigenvalue weighted by Gasteiger charge is -2.39. The largest absolute Gasteiger partial charge is 0.390 e. The number of amides is 1. The first-order chi connectivity index (χ1) is 13.7. The molecule has 2 saturated heterocycles. The number of aromatic nitrogens is 1. The third kappa shape index (κ3) is 4.71. The summed E-state index contributed by atoms with van der Waals surface area (Å²) in [5.74, 6) is 1.19. The van der Waals surface area contributed by atoms with Crippen LogP contribution in [0.4, 0.5) is 0 Å². The molecular weight excluding hydrogens is 354 g/mol. The molecule has 1 amide bonds. The number of aliphatic hydroxyl groups excluding tert-OH is 1. The zero-order chi connectivity index (χ0) is 19.3. The van der Waals surface area contributed by atoms with Crippen LogP contribution in [0.3, 0.4) is 0 Å². The highest BCUT2D eigenvalue weighted by Gasteiger charge is 2.37. The summed E-state index contributed by atoms with van der Waals surface area (Å²) in [5, 5.41) is 13.6. The SMILES string of the molecule is O=C(N[C@@H]1CCN(CC2CNNC2C2CCCCC2)C[C@H]1O)c1cccnc1. The summed E-state index contributed by atoms with van der Waals surface area (Å²) >= 11 is 0. The molecule has 4 rings (SSSR count). The van der Waals surface area contributed by atoms with Gasteiger partial charge in [-0.3, -0.25) is 20.6 Å². The van der Waals surface area contributed by atoms with Crippen LogP contribution in [0.15, 0.2) is 24.5 Å². The van der Waals surface area contributed by atoms with Gasteiger partial charge in [0.2, 0.25) is 0 Å². The molecule has 0 radical (unpaired) electrons. The van der Waals surface area contributed by atoms with E-state index < -0.39 is 6.10 Å². The third-order valence-electron chi connectivity index (χ3n) is 6.70. The van der Waals surface area contributed by atoms with Gasteiger partial charge in [0.15, 0.2) is 0 Å². The number of piperidine rings is 1. The predicted molar refractivity (Wildman–Crippen MR) is 108 cm³/mol. The topological polar surface area (TPSA) is 89.5 Å². The maximum Gasteiger partial charge on any atom is 0.253 e. The first-order valence-electron chi connectivity index (χ1n) is 10.8. The molecule has 3 heterocycles. The Labute approximate surface area is 167 Å². The number of rotatable bonds is 5. The van der Waals surface area contributed by atoms with E-state index in [4.69, 9.17) is 0 Å². The van der Waals surface area contributed by atoms with E-state index in [1.54, 1.807) is 24.5 Å². The maximum absolute atomic E-state index is 12.3. The molecule has 1 aromatic rings. The van der Waals surface area contributed by atoms with Gasteiger partial charge in [0, 0.05) is 50.5 Å². The van der Waals surface area contributed by atoms with E-state index in [-0.39, 0.29) is 11.9 Å². The van der Waals surface area contributed by atoms with Crippen LogP contribution in [0.5, 0.6) is 0 Å². The summed E-state index contributed by atoms with van der Waals surface area (Å²) in [4.78, 5) is 18.7. The highest BCUT2D eigenvalue weighted by atomic mass is 16.3. The Morgan fingerprint density at radius 2 is 2.14 bits per heavy atom. The molecule has 2 unspecified atom stereocenters. The van der Waals surface area contributed by atoms with Crippen molar-refractivity contribution >= 4 is 5.91 Å². The van der Waals surface area contributed by atoms with Gasteiger partial charge < -0.3 is 15.3 Å². The van der Waals surface area contributed by atoms with E-state index >= 15 is 0 Å². The monoisotopic (exact) mass is 387 g/mol. The molecule has 4 atom stereocenters. The van der Waals surface area contributed by atoms with Crippen molar-refractivity contribution < 1.29 is 9.90 Å². The number of β-amino-alcohol motifs (C(OH)–C–C–N with tert-alkyl or cyclic N) is 1. The highest BCUT2D eigenvalue weighted by molar-refractivity contribution is 5.94. The number of nitrogens with zero attached hydrogens (tertiary/aromatic N) is 2. The first kappa shape index (κ1) is 19.8. The quantitative estimate of drug-likeness (QED) is 0.601. The molecule has 28 heavy (non-hydrogen) atoms. The Kier molecular flexibility index (Phi) is 6.57. The summed E-state index contributed by atoms with van der Waals surface area (Å²) in [5.41, 5.74) is 7.44. The number of carbonyl (C=O) groups is 1. The van der Waals surface area contributed by atoms with Gasteiger partial charge in [-0.05, 0) is 37.3 Å². The Hall–Kier alpha value is -1.54. The summed E-state index contributed by atoms with van der Waals surface area (Å²) < 4.78 is 0. The number of pyridine rings is 1. The molecule has 0 aromatic carbocycles. The van der Waals surface area contributed by atoms with Crippen molar-refractivity contribution in [3.63, 3.8) is 0 Å². The molecule has 7 nitrogen and oxygen atoms in total. The van der Waals surface area contributed by atoms with E-state index in [2.05, 4.69) is 26.1 Å². The van der Waals surface area contributed by atoms with Crippen molar-refractivity contribution in [3.05, 3.63) is 30.1 Å². The number of hydrazine groups is 1. The lowest BCUT2D eigenvalue weighted by molar-refractivity contribution is 0.0302. The van der Waals surface area contributed by atoms with Gasteiger partial charge in [0.25, 0.3) is 5.91 Å². The molecule has 154 valence electrons. The van der Waals surface area contributed by atoms with Crippen LogP contribution < -0.4 is 16.2 Å². The van der Waals surface area contributed by atoms with Crippen LogP contribution >= 0.6 is 0 Å².